The van der Waals surface area contributed by atoms with Crippen LogP contribution in [-0.4, -0.2) is 24.2 Å². The van der Waals surface area contributed by atoms with Crippen molar-refractivity contribution in [3.8, 4) is 6.07 Å². The van der Waals surface area contributed by atoms with Crippen molar-refractivity contribution >= 4 is 27.6 Å². The highest BCUT2D eigenvalue weighted by atomic mass is 79.9. The van der Waals surface area contributed by atoms with Gasteiger partial charge in [-0.15, -0.1) is 0 Å². The van der Waals surface area contributed by atoms with Crippen molar-refractivity contribution in [2.45, 2.75) is 6.92 Å². The third-order valence-electron chi connectivity index (χ3n) is 2.13. The average Bonchev–Trinajstić information content (AvgIpc) is 2.25. The fourth-order valence-electron chi connectivity index (χ4n) is 1.36. The SMILES string of the molecule is CCN(CC(=O)O)c1ccc(C#N)cc1Br. The highest BCUT2D eigenvalue weighted by molar-refractivity contribution is 9.10. The van der Waals surface area contributed by atoms with Gasteiger partial charge < -0.3 is 10.0 Å². The fourth-order valence-corrected chi connectivity index (χ4v) is 1.99. The molecule has 1 rings (SSSR count). The molecule has 0 aliphatic rings. The van der Waals surface area contributed by atoms with Gasteiger partial charge >= 0.3 is 5.97 Å². The molecule has 0 saturated carbocycles. The average molecular weight is 283 g/mol. The van der Waals surface area contributed by atoms with Crippen LogP contribution in [0.15, 0.2) is 22.7 Å². The predicted octanol–water partition coefficient (Wildman–Crippen LogP) is 2.23. The Morgan fingerprint density at radius 2 is 2.31 bits per heavy atom. The van der Waals surface area contributed by atoms with Gasteiger partial charge in [0.1, 0.15) is 6.54 Å². The lowest BCUT2D eigenvalue weighted by atomic mass is 10.2. The van der Waals surface area contributed by atoms with E-state index in [1.165, 1.54) is 0 Å². The second-order valence-electron chi connectivity index (χ2n) is 3.19. The predicted molar refractivity (Wildman–Crippen MR) is 64.4 cm³/mol. The molecule has 0 fully saturated rings. The van der Waals surface area contributed by atoms with Gasteiger partial charge in [-0.3, -0.25) is 4.79 Å². The lowest BCUT2D eigenvalue weighted by Gasteiger charge is -2.22. The summed E-state index contributed by atoms with van der Waals surface area (Å²) in [5.74, 6) is -0.877. The molecule has 0 saturated heterocycles. The Kier molecular flexibility index (Phi) is 4.32. The third-order valence-corrected chi connectivity index (χ3v) is 2.76. The molecule has 0 aliphatic heterocycles. The van der Waals surface area contributed by atoms with Gasteiger partial charge in [-0.25, -0.2) is 0 Å². The molecular weight excluding hydrogens is 272 g/mol. The Morgan fingerprint density at radius 1 is 1.62 bits per heavy atom. The van der Waals surface area contributed by atoms with E-state index < -0.39 is 5.97 Å². The summed E-state index contributed by atoms with van der Waals surface area (Å²) in [6.07, 6.45) is 0. The van der Waals surface area contributed by atoms with Gasteiger partial charge in [-0.1, -0.05) is 0 Å². The number of halogens is 1. The highest BCUT2D eigenvalue weighted by Crippen LogP contribution is 2.26. The molecule has 16 heavy (non-hydrogen) atoms. The maximum absolute atomic E-state index is 10.7. The Hall–Kier alpha value is -1.54. The number of benzene rings is 1. The van der Waals surface area contributed by atoms with Crippen molar-refractivity contribution in [3.05, 3.63) is 28.2 Å². The normalized spacial score (nSPS) is 9.56. The van der Waals surface area contributed by atoms with E-state index in [0.717, 1.165) is 10.2 Å². The van der Waals surface area contributed by atoms with Crippen molar-refractivity contribution in [2.24, 2.45) is 0 Å². The molecule has 0 aromatic heterocycles. The Morgan fingerprint density at radius 3 is 2.75 bits per heavy atom. The van der Waals surface area contributed by atoms with Gasteiger partial charge in [0.2, 0.25) is 0 Å². The summed E-state index contributed by atoms with van der Waals surface area (Å²) >= 11 is 3.33. The Bertz CT molecular complexity index is 440. The maximum Gasteiger partial charge on any atom is 0.323 e. The summed E-state index contributed by atoms with van der Waals surface area (Å²) in [5.41, 5.74) is 1.32. The summed E-state index contributed by atoms with van der Waals surface area (Å²) in [6.45, 7) is 2.42. The van der Waals surface area contributed by atoms with Crippen molar-refractivity contribution in [1.82, 2.24) is 0 Å². The lowest BCUT2D eigenvalue weighted by molar-refractivity contribution is -0.135. The topological polar surface area (TPSA) is 64.3 Å². The fraction of sp³-hybridized carbons (Fsp3) is 0.273. The molecule has 0 radical (unpaired) electrons. The molecule has 0 amide bonds. The first kappa shape index (κ1) is 12.5. The van der Waals surface area contributed by atoms with Crippen LogP contribution in [0.5, 0.6) is 0 Å². The van der Waals surface area contributed by atoms with Gasteiger partial charge in [-0.05, 0) is 41.1 Å². The molecule has 0 atom stereocenters. The van der Waals surface area contributed by atoms with Gasteiger partial charge in [0.05, 0.1) is 17.3 Å². The minimum absolute atomic E-state index is 0.0546. The van der Waals surface area contributed by atoms with E-state index in [2.05, 4.69) is 15.9 Å². The zero-order chi connectivity index (χ0) is 12.1. The van der Waals surface area contributed by atoms with E-state index in [9.17, 15) is 4.79 Å². The number of likely N-dealkylation sites (N-methyl/N-ethyl adjacent to an activating group) is 1. The number of carboxylic acid groups (broad SMARTS) is 1. The number of hydrogen-bond donors (Lipinski definition) is 1. The number of carbonyl (C=O) groups is 1. The first-order chi connectivity index (χ1) is 7.58. The molecule has 0 spiro atoms. The van der Waals surface area contributed by atoms with Crippen molar-refractivity contribution < 1.29 is 9.90 Å². The third kappa shape index (κ3) is 2.97. The van der Waals surface area contributed by atoms with Crippen LogP contribution in [0.2, 0.25) is 0 Å². The van der Waals surface area contributed by atoms with Crippen LogP contribution >= 0.6 is 15.9 Å². The summed E-state index contributed by atoms with van der Waals surface area (Å²) in [4.78, 5) is 12.4. The van der Waals surface area contributed by atoms with Crippen LogP contribution in [0.4, 0.5) is 5.69 Å². The van der Waals surface area contributed by atoms with Crippen LogP contribution in [0.25, 0.3) is 0 Å². The first-order valence-corrected chi connectivity index (χ1v) is 5.54. The minimum Gasteiger partial charge on any atom is -0.480 e. The smallest absolute Gasteiger partial charge is 0.323 e. The van der Waals surface area contributed by atoms with E-state index in [1.807, 2.05) is 13.0 Å². The molecule has 1 aromatic rings. The quantitative estimate of drug-likeness (QED) is 0.920. The molecule has 84 valence electrons. The van der Waals surface area contributed by atoms with E-state index >= 15 is 0 Å². The number of rotatable bonds is 4. The summed E-state index contributed by atoms with van der Waals surface area (Å²) < 4.78 is 0.731. The first-order valence-electron chi connectivity index (χ1n) is 4.75. The molecule has 5 heteroatoms. The molecule has 1 aromatic carbocycles. The summed E-state index contributed by atoms with van der Waals surface area (Å²) in [5, 5.41) is 17.5. The van der Waals surface area contributed by atoms with Crippen LogP contribution in [0.1, 0.15) is 12.5 Å². The lowest BCUT2D eigenvalue weighted by Crippen LogP contribution is -2.29. The highest BCUT2D eigenvalue weighted by Gasteiger charge is 2.11. The second kappa shape index (κ2) is 5.52. The second-order valence-corrected chi connectivity index (χ2v) is 4.04. The maximum atomic E-state index is 10.7. The monoisotopic (exact) mass is 282 g/mol. The van der Waals surface area contributed by atoms with Gasteiger partial charge in [0, 0.05) is 11.0 Å². The number of nitrogens with zero attached hydrogens (tertiary/aromatic N) is 2. The Labute approximate surface area is 102 Å². The number of aliphatic carboxylic acids is 1. The van der Waals surface area contributed by atoms with E-state index in [0.29, 0.717) is 12.1 Å². The molecule has 0 unspecified atom stereocenters. The number of anilines is 1. The van der Waals surface area contributed by atoms with Crippen LogP contribution in [-0.2, 0) is 4.79 Å². The number of hydrogen-bond acceptors (Lipinski definition) is 3. The molecule has 0 aliphatic carbocycles. The molecule has 4 nitrogen and oxygen atoms in total. The summed E-state index contributed by atoms with van der Waals surface area (Å²) in [6, 6.07) is 7.12. The van der Waals surface area contributed by atoms with Crippen LogP contribution < -0.4 is 4.90 Å². The van der Waals surface area contributed by atoms with Crippen LogP contribution in [0, 0.1) is 11.3 Å². The van der Waals surface area contributed by atoms with Crippen molar-refractivity contribution in [2.75, 3.05) is 18.0 Å². The zero-order valence-electron chi connectivity index (χ0n) is 8.77. The van der Waals surface area contributed by atoms with Crippen molar-refractivity contribution in [1.29, 1.82) is 5.26 Å². The van der Waals surface area contributed by atoms with E-state index in [-0.39, 0.29) is 6.54 Å². The number of carboxylic acids is 1. The molecule has 1 N–H and O–H groups in total. The summed E-state index contributed by atoms with van der Waals surface area (Å²) in [7, 11) is 0. The van der Waals surface area contributed by atoms with E-state index in [4.69, 9.17) is 10.4 Å². The molecular formula is C11H11BrN2O2. The largest absolute Gasteiger partial charge is 0.480 e. The van der Waals surface area contributed by atoms with E-state index in [1.54, 1.807) is 23.1 Å². The van der Waals surface area contributed by atoms with Gasteiger partial charge in [0.15, 0.2) is 0 Å². The Balaban J connectivity index is 3.02. The van der Waals surface area contributed by atoms with Crippen LogP contribution in [0.3, 0.4) is 0 Å². The molecule has 0 heterocycles. The standard InChI is InChI=1S/C11H11BrN2O2/c1-2-14(7-11(15)16)10-4-3-8(6-13)5-9(10)12/h3-5H,2,7H2,1H3,(H,15,16). The minimum atomic E-state index is -0.877. The van der Waals surface area contributed by atoms with Crippen molar-refractivity contribution in [3.63, 3.8) is 0 Å². The van der Waals surface area contributed by atoms with Gasteiger partial charge in [0.25, 0.3) is 0 Å². The molecule has 0 bridgehead atoms. The number of nitriles is 1. The zero-order valence-corrected chi connectivity index (χ0v) is 10.4. The van der Waals surface area contributed by atoms with Gasteiger partial charge in [-0.2, -0.15) is 5.26 Å².